The Hall–Kier alpha value is -0.930. The van der Waals surface area contributed by atoms with E-state index in [1.165, 1.54) is 0 Å². The Morgan fingerprint density at radius 3 is 2.48 bits per heavy atom. The van der Waals surface area contributed by atoms with Gasteiger partial charge in [0.1, 0.15) is 4.90 Å². The molecule has 1 aromatic rings. The molecule has 1 aliphatic rings. The third-order valence-electron chi connectivity index (χ3n) is 3.95. The second kappa shape index (κ2) is 8.25. The van der Waals surface area contributed by atoms with Crippen molar-refractivity contribution in [1.82, 2.24) is 4.72 Å². The summed E-state index contributed by atoms with van der Waals surface area (Å²) in [5.41, 5.74) is 5.44. The fourth-order valence-corrected chi connectivity index (χ4v) is 4.64. The standard InChI is InChI=1S/C13H18ClN3O4S.ClH/c14-11-7-10(17(18)19)5-6-13(11)22(20,21)16-12(8-15)9-3-1-2-4-9;/h5-7,9,12,16H,1-4,8,15H2;1H. The number of hydrogen-bond acceptors (Lipinski definition) is 5. The number of non-ortho nitro benzene ring substituents is 1. The van der Waals surface area contributed by atoms with Crippen molar-refractivity contribution in [2.24, 2.45) is 11.7 Å². The first-order valence-electron chi connectivity index (χ1n) is 7.01. The van der Waals surface area contributed by atoms with E-state index in [0.29, 0.717) is 0 Å². The number of nitrogens with two attached hydrogens (primary N) is 1. The molecule has 0 aliphatic heterocycles. The van der Waals surface area contributed by atoms with Gasteiger partial charge in [-0.25, -0.2) is 13.1 Å². The summed E-state index contributed by atoms with van der Waals surface area (Å²) >= 11 is 5.89. The maximum absolute atomic E-state index is 12.4. The Kier molecular flexibility index (Phi) is 7.22. The topological polar surface area (TPSA) is 115 Å². The average molecular weight is 384 g/mol. The van der Waals surface area contributed by atoms with Crippen molar-refractivity contribution in [3.05, 3.63) is 33.3 Å². The van der Waals surface area contributed by atoms with Gasteiger partial charge in [0.05, 0.1) is 9.95 Å². The molecule has 1 saturated carbocycles. The maximum Gasteiger partial charge on any atom is 0.271 e. The molecular formula is C13H19Cl2N3O4S. The van der Waals surface area contributed by atoms with Crippen LogP contribution in [0, 0.1) is 16.0 Å². The van der Waals surface area contributed by atoms with Gasteiger partial charge in [0, 0.05) is 24.7 Å². The first kappa shape index (κ1) is 20.1. The first-order chi connectivity index (χ1) is 10.3. The van der Waals surface area contributed by atoms with Crippen LogP contribution in [0.1, 0.15) is 25.7 Å². The summed E-state index contributed by atoms with van der Waals surface area (Å²) in [6.45, 7) is 0.203. The highest BCUT2D eigenvalue weighted by atomic mass is 35.5. The molecule has 0 spiro atoms. The summed E-state index contributed by atoms with van der Waals surface area (Å²) in [6.07, 6.45) is 4.03. The van der Waals surface area contributed by atoms with Crippen molar-refractivity contribution in [3.8, 4) is 0 Å². The highest BCUT2D eigenvalue weighted by Gasteiger charge is 2.29. The van der Waals surface area contributed by atoms with Crippen LogP contribution in [0.2, 0.25) is 5.02 Å². The monoisotopic (exact) mass is 383 g/mol. The minimum Gasteiger partial charge on any atom is -0.329 e. The van der Waals surface area contributed by atoms with Gasteiger partial charge in [-0.15, -0.1) is 12.4 Å². The summed E-state index contributed by atoms with van der Waals surface area (Å²) in [7, 11) is -3.87. The summed E-state index contributed by atoms with van der Waals surface area (Å²) < 4.78 is 27.5. The SMILES string of the molecule is Cl.NCC(NS(=O)(=O)c1ccc([N+](=O)[O-])cc1Cl)C1CCCC1. The number of nitro groups is 1. The molecule has 130 valence electrons. The molecule has 0 aromatic heterocycles. The number of rotatable bonds is 6. The molecule has 1 fully saturated rings. The fraction of sp³-hybridized carbons (Fsp3) is 0.538. The Bertz CT molecular complexity index is 663. The van der Waals surface area contributed by atoms with E-state index in [9.17, 15) is 18.5 Å². The highest BCUT2D eigenvalue weighted by molar-refractivity contribution is 7.89. The Labute approximate surface area is 146 Å². The third kappa shape index (κ3) is 4.77. The van der Waals surface area contributed by atoms with Crippen LogP contribution in [0.4, 0.5) is 5.69 Å². The van der Waals surface area contributed by atoms with E-state index in [2.05, 4.69) is 4.72 Å². The molecule has 0 amide bonds. The molecule has 0 radical (unpaired) electrons. The average Bonchev–Trinajstić information content (AvgIpc) is 2.98. The van der Waals surface area contributed by atoms with Gasteiger partial charge in [-0.1, -0.05) is 24.4 Å². The van der Waals surface area contributed by atoms with Crippen LogP contribution in [-0.2, 0) is 10.0 Å². The molecule has 1 aliphatic carbocycles. The number of sulfonamides is 1. The number of halogens is 2. The number of nitrogens with zero attached hydrogens (tertiary/aromatic N) is 1. The Balaban J connectivity index is 0.00000264. The van der Waals surface area contributed by atoms with Crippen molar-refractivity contribution in [2.45, 2.75) is 36.6 Å². The lowest BCUT2D eigenvalue weighted by Gasteiger charge is -2.23. The summed E-state index contributed by atoms with van der Waals surface area (Å²) in [6, 6.07) is 2.94. The van der Waals surface area contributed by atoms with E-state index in [1.807, 2.05) is 0 Å². The molecule has 1 aromatic carbocycles. The van der Waals surface area contributed by atoms with Crippen molar-refractivity contribution in [2.75, 3.05) is 6.54 Å². The summed E-state index contributed by atoms with van der Waals surface area (Å²) in [4.78, 5) is 9.88. The largest absolute Gasteiger partial charge is 0.329 e. The van der Waals surface area contributed by atoms with Crippen molar-refractivity contribution >= 4 is 39.7 Å². The second-order valence-corrected chi connectivity index (χ2v) is 7.47. The molecule has 1 atom stereocenters. The van der Waals surface area contributed by atoms with Gasteiger partial charge >= 0.3 is 0 Å². The van der Waals surface area contributed by atoms with E-state index in [1.54, 1.807) is 0 Å². The van der Waals surface area contributed by atoms with Gasteiger partial charge in [-0.05, 0) is 24.8 Å². The third-order valence-corrected chi connectivity index (χ3v) is 5.92. The van der Waals surface area contributed by atoms with Crippen molar-refractivity contribution < 1.29 is 13.3 Å². The molecule has 10 heteroatoms. The Morgan fingerprint density at radius 1 is 1.39 bits per heavy atom. The fourth-order valence-electron chi connectivity index (χ4n) is 2.78. The zero-order valence-electron chi connectivity index (χ0n) is 12.3. The molecule has 2 rings (SSSR count). The molecule has 3 N–H and O–H groups in total. The zero-order chi connectivity index (χ0) is 16.3. The number of nitrogens with one attached hydrogen (secondary N) is 1. The van der Waals surface area contributed by atoms with Crippen LogP contribution >= 0.6 is 24.0 Å². The van der Waals surface area contributed by atoms with Gasteiger partial charge in [0.25, 0.3) is 5.69 Å². The molecule has 23 heavy (non-hydrogen) atoms. The lowest BCUT2D eigenvalue weighted by atomic mass is 9.99. The molecule has 7 nitrogen and oxygen atoms in total. The number of benzene rings is 1. The van der Waals surface area contributed by atoms with Crippen LogP contribution in [0.3, 0.4) is 0 Å². The number of hydrogen-bond donors (Lipinski definition) is 2. The first-order valence-corrected chi connectivity index (χ1v) is 8.87. The van der Waals surface area contributed by atoms with E-state index in [-0.39, 0.29) is 46.5 Å². The molecular weight excluding hydrogens is 365 g/mol. The van der Waals surface area contributed by atoms with Gasteiger partial charge < -0.3 is 5.73 Å². The van der Waals surface area contributed by atoms with Gasteiger partial charge in [0.2, 0.25) is 10.0 Å². The van der Waals surface area contributed by atoms with Crippen LogP contribution < -0.4 is 10.5 Å². The Morgan fingerprint density at radius 2 is 2.00 bits per heavy atom. The number of nitro benzene ring substituents is 1. The minimum absolute atomic E-state index is 0. The van der Waals surface area contributed by atoms with Gasteiger partial charge in [-0.2, -0.15) is 0 Å². The van der Waals surface area contributed by atoms with Crippen LogP contribution in [0.5, 0.6) is 0 Å². The van der Waals surface area contributed by atoms with Gasteiger partial charge in [0.15, 0.2) is 0 Å². The lowest BCUT2D eigenvalue weighted by molar-refractivity contribution is -0.384. The predicted octanol–water partition coefficient (Wildman–Crippen LogP) is 2.47. The van der Waals surface area contributed by atoms with E-state index < -0.39 is 14.9 Å². The van der Waals surface area contributed by atoms with Gasteiger partial charge in [-0.3, -0.25) is 10.1 Å². The summed E-state index contributed by atoms with van der Waals surface area (Å²) in [5.74, 6) is 0.219. The molecule has 0 saturated heterocycles. The molecule has 0 bridgehead atoms. The normalized spacial score (nSPS) is 16.8. The van der Waals surface area contributed by atoms with E-state index in [0.717, 1.165) is 43.9 Å². The van der Waals surface area contributed by atoms with Crippen LogP contribution in [0.25, 0.3) is 0 Å². The van der Waals surface area contributed by atoms with Crippen LogP contribution in [0.15, 0.2) is 23.1 Å². The molecule has 1 unspecified atom stereocenters. The maximum atomic E-state index is 12.4. The summed E-state index contributed by atoms with van der Waals surface area (Å²) in [5, 5.41) is 10.5. The predicted molar refractivity (Wildman–Crippen MR) is 90.5 cm³/mol. The minimum atomic E-state index is -3.87. The van der Waals surface area contributed by atoms with E-state index >= 15 is 0 Å². The van der Waals surface area contributed by atoms with Crippen molar-refractivity contribution in [3.63, 3.8) is 0 Å². The molecule has 0 heterocycles. The van der Waals surface area contributed by atoms with Crippen LogP contribution in [-0.4, -0.2) is 25.9 Å². The lowest BCUT2D eigenvalue weighted by Crippen LogP contribution is -2.44. The van der Waals surface area contributed by atoms with Crippen molar-refractivity contribution in [1.29, 1.82) is 0 Å². The second-order valence-electron chi connectivity index (χ2n) is 5.38. The smallest absolute Gasteiger partial charge is 0.271 e. The highest BCUT2D eigenvalue weighted by Crippen LogP contribution is 2.30. The quantitative estimate of drug-likeness (QED) is 0.577. The zero-order valence-corrected chi connectivity index (χ0v) is 14.7. The van der Waals surface area contributed by atoms with E-state index in [4.69, 9.17) is 17.3 Å².